The summed E-state index contributed by atoms with van der Waals surface area (Å²) >= 11 is 1.57. The monoisotopic (exact) mass is 275 g/mol. The topological polar surface area (TPSA) is 21.3 Å². The third kappa shape index (κ3) is 4.82. The second kappa shape index (κ2) is 8.32. The Morgan fingerprint density at radius 1 is 1.28 bits per heavy atom. The Kier molecular flexibility index (Phi) is 7.05. The van der Waals surface area contributed by atoms with Crippen LogP contribution in [0.2, 0.25) is 0 Å². The van der Waals surface area contributed by atoms with Crippen LogP contribution in [-0.4, -0.2) is 25.2 Å². The Bertz CT molecular complexity index is 351. The highest BCUT2D eigenvalue weighted by Crippen LogP contribution is 2.23. The molecule has 102 valence electrons. The van der Waals surface area contributed by atoms with E-state index in [2.05, 4.69) is 5.32 Å². The number of benzene rings is 1. The fraction of sp³-hybridized carbons (Fsp3) is 0.538. The van der Waals surface area contributed by atoms with E-state index in [1.807, 2.05) is 13.2 Å². The van der Waals surface area contributed by atoms with Crippen molar-refractivity contribution in [3.05, 3.63) is 29.3 Å². The molecule has 2 nitrogen and oxygen atoms in total. The fourth-order valence-corrected chi connectivity index (χ4v) is 1.74. The van der Waals surface area contributed by atoms with Crippen LogP contribution in [0.1, 0.15) is 18.9 Å². The van der Waals surface area contributed by atoms with Gasteiger partial charge in [0.25, 0.3) is 0 Å². The predicted molar refractivity (Wildman–Crippen MR) is 72.2 cm³/mol. The molecule has 0 amide bonds. The van der Waals surface area contributed by atoms with Gasteiger partial charge in [-0.25, -0.2) is 8.78 Å². The molecule has 1 aromatic rings. The van der Waals surface area contributed by atoms with Gasteiger partial charge in [-0.15, -0.1) is 0 Å². The lowest BCUT2D eigenvalue weighted by atomic mass is 10.2. The zero-order valence-corrected chi connectivity index (χ0v) is 11.6. The minimum atomic E-state index is -0.635. The van der Waals surface area contributed by atoms with Crippen molar-refractivity contribution in [2.75, 3.05) is 25.2 Å². The van der Waals surface area contributed by atoms with Crippen LogP contribution in [0.3, 0.4) is 0 Å². The molecule has 5 heteroatoms. The van der Waals surface area contributed by atoms with Crippen molar-refractivity contribution in [1.29, 1.82) is 0 Å². The van der Waals surface area contributed by atoms with Crippen LogP contribution in [0, 0.1) is 11.6 Å². The smallest absolute Gasteiger partial charge is 0.190 e. The van der Waals surface area contributed by atoms with Crippen molar-refractivity contribution in [2.45, 2.75) is 19.9 Å². The van der Waals surface area contributed by atoms with Gasteiger partial charge in [0.2, 0.25) is 0 Å². The Hall–Kier alpha value is -0.810. The Morgan fingerprint density at radius 2 is 1.94 bits per heavy atom. The van der Waals surface area contributed by atoms with Crippen LogP contribution in [0.15, 0.2) is 12.1 Å². The molecule has 0 aliphatic heterocycles. The molecule has 0 fully saturated rings. The van der Waals surface area contributed by atoms with Gasteiger partial charge in [0.05, 0.1) is 6.61 Å². The van der Waals surface area contributed by atoms with Gasteiger partial charge >= 0.3 is 0 Å². The highest BCUT2D eigenvalue weighted by atomic mass is 32.2. The molecule has 0 bridgehead atoms. The van der Waals surface area contributed by atoms with Crippen LogP contribution in [0.4, 0.5) is 8.78 Å². The largest absolute Gasteiger partial charge is 0.487 e. The van der Waals surface area contributed by atoms with Crippen LogP contribution >= 0.6 is 11.8 Å². The first-order chi connectivity index (χ1) is 8.69. The summed E-state index contributed by atoms with van der Waals surface area (Å²) in [6.07, 6.45) is 2.90. The molecule has 18 heavy (non-hydrogen) atoms. The van der Waals surface area contributed by atoms with Gasteiger partial charge in [-0.2, -0.15) is 11.8 Å². The molecule has 0 aromatic heterocycles. The molecule has 0 unspecified atom stereocenters. The molecule has 0 spiro atoms. The molecule has 0 atom stereocenters. The van der Waals surface area contributed by atoms with Crippen LogP contribution in [-0.2, 0) is 6.54 Å². The average Bonchev–Trinajstić information content (AvgIpc) is 2.33. The number of ether oxygens (including phenoxy) is 1. The Morgan fingerprint density at radius 3 is 2.50 bits per heavy atom. The average molecular weight is 275 g/mol. The molecule has 0 radical (unpaired) electrons. The molecular formula is C13H19F2NOS. The van der Waals surface area contributed by atoms with Crippen LogP contribution < -0.4 is 10.1 Å². The standard InChI is InChI=1S/C13H19F2NOS/c1-3-4-16-9-10-7-11(14)13(12(15)8-10)17-5-6-18-2/h7-8,16H,3-6,9H2,1-2H3. The molecule has 1 N–H and O–H groups in total. The molecule has 0 saturated carbocycles. The minimum Gasteiger partial charge on any atom is -0.487 e. The maximum atomic E-state index is 13.6. The van der Waals surface area contributed by atoms with Gasteiger partial charge in [-0.3, -0.25) is 0 Å². The van der Waals surface area contributed by atoms with E-state index in [0.717, 1.165) is 13.0 Å². The van der Waals surface area contributed by atoms with Crippen LogP contribution in [0.5, 0.6) is 5.75 Å². The number of hydrogen-bond donors (Lipinski definition) is 1. The lowest BCUT2D eigenvalue weighted by molar-refractivity contribution is 0.305. The van der Waals surface area contributed by atoms with E-state index in [9.17, 15) is 8.78 Å². The summed E-state index contributed by atoms with van der Waals surface area (Å²) < 4.78 is 32.4. The fourth-order valence-electron chi connectivity index (χ4n) is 1.49. The van der Waals surface area contributed by atoms with Gasteiger partial charge in [0, 0.05) is 12.3 Å². The normalized spacial score (nSPS) is 10.7. The maximum absolute atomic E-state index is 13.6. The zero-order valence-electron chi connectivity index (χ0n) is 10.8. The first-order valence-electron chi connectivity index (χ1n) is 5.99. The second-order valence-electron chi connectivity index (χ2n) is 3.91. The van der Waals surface area contributed by atoms with E-state index in [-0.39, 0.29) is 5.75 Å². The Labute approximate surface area is 111 Å². The molecule has 0 heterocycles. The van der Waals surface area contributed by atoms with Crippen molar-refractivity contribution in [2.24, 2.45) is 0 Å². The number of thioether (sulfide) groups is 1. The maximum Gasteiger partial charge on any atom is 0.190 e. The van der Waals surface area contributed by atoms with Crippen LogP contribution in [0.25, 0.3) is 0 Å². The molecule has 0 aliphatic carbocycles. The Balaban J connectivity index is 2.65. The minimum absolute atomic E-state index is 0.275. The predicted octanol–water partition coefficient (Wildman–Crippen LogP) is 3.21. The first-order valence-corrected chi connectivity index (χ1v) is 7.38. The summed E-state index contributed by atoms with van der Waals surface area (Å²) in [6.45, 7) is 3.64. The molecule has 1 rings (SSSR count). The molecule has 1 aromatic carbocycles. The van der Waals surface area contributed by atoms with E-state index in [4.69, 9.17) is 4.74 Å². The number of rotatable bonds is 8. The van der Waals surface area contributed by atoms with Crippen molar-refractivity contribution >= 4 is 11.8 Å². The van der Waals surface area contributed by atoms with Crippen molar-refractivity contribution in [3.63, 3.8) is 0 Å². The van der Waals surface area contributed by atoms with E-state index < -0.39 is 11.6 Å². The van der Waals surface area contributed by atoms with Gasteiger partial charge < -0.3 is 10.1 Å². The van der Waals surface area contributed by atoms with Crippen molar-refractivity contribution in [3.8, 4) is 5.75 Å². The van der Waals surface area contributed by atoms with E-state index >= 15 is 0 Å². The lowest BCUT2D eigenvalue weighted by Crippen LogP contribution is -2.14. The summed E-state index contributed by atoms with van der Waals surface area (Å²) in [4.78, 5) is 0. The highest BCUT2D eigenvalue weighted by molar-refractivity contribution is 7.98. The van der Waals surface area contributed by atoms with E-state index in [0.29, 0.717) is 24.5 Å². The molecular weight excluding hydrogens is 256 g/mol. The number of nitrogens with one attached hydrogen (secondary N) is 1. The van der Waals surface area contributed by atoms with E-state index in [1.54, 1.807) is 11.8 Å². The molecule has 0 saturated heterocycles. The van der Waals surface area contributed by atoms with E-state index in [1.165, 1.54) is 12.1 Å². The summed E-state index contributed by atoms with van der Waals surface area (Å²) in [5.74, 6) is -0.837. The molecule has 0 aliphatic rings. The van der Waals surface area contributed by atoms with Crippen molar-refractivity contribution < 1.29 is 13.5 Å². The third-order valence-corrected chi connectivity index (χ3v) is 2.92. The summed E-state index contributed by atoms with van der Waals surface area (Å²) in [7, 11) is 0. The summed E-state index contributed by atoms with van der Waals surface area (Å²) in [6, 6.07) is 2.64. The highest BCUT2D eigenvalue weighted by Gasteiger charge is 2.12. The van der Waals surface area contributed by atoms with Gasteiger partial charge in [-0.05, 0) is 36.9 Å². The lowest BCUT2D eigenvalue weighted by Gasteiger charge is -2.10. The van der Waals surface area contributed by atoms with Crippen molar-refractivity contribution in [1.82, 2.24) is 5.32 Å². The SMILES string of the molecule is CCCNCc1cc(F)c(OCCSC)c(F)c1. The zero-order chi connectivity index (χ0) is 13.4. The summed E-state index contributed by atoms with van der Waals surface area (Å²) in [5.41, 5.74) is 0.593. The summed E-state index contributed by atoms with van der Waals surface area (Å²) in [5, 5.41) is 3.10. The second-order valence-corrected chi connectivity index (χ2v) is 4.89. The van der Waals surface area contributed by atoms with Gasteiger partial charge in [0.1, 0.15) is 0 Å². The number of hydrogen-bond acceptors (Lipinski definition) is 3. The number of halogens is 2. The quantitative estimate of drug-likeness (QED) is 0.736. The van der Waals surface area contributed by atoms with Gasteiger partial charge in [0.15, 0.2) is 17.4 Å². The van der Waals surface area contributed by atoms with Gasteiger partial charge in [-0.1, -0.05) is 6.92 Å². The first kappa shape index (κ1) is 15.2. The third-order valence-electron chi connectivity index (χ3n) is 2.35.